The van der Waals surface area contributed by atoms with Crippen LogP contribution in [0.15, 0.2) is 158 Å². The van der Waals surface area contributed by atoms with Crippen molar-refractivity contribution in [2.24, 2.45) is 0 Å². The van der Waals surface area contributed by atoms with Gasteiger partial charge in [0, 0.05) is 32.0 Å². The van der Waals surface area contributed by atoms with Crippen molar-refractivity contribution in [1.29, 1.82) is 0 Å². The van der Waals surface area contributed by atoms with Crippen molar-refractivity contribution < 1.29 is 20.1 Å². The molecule has 0 atom stereocenters. The summed E-state index contributed by atoms with van der Waals surface area (Å²) in [6.07, 6.45) is 1.95. The van der Waals surface area contributed by atoms with E-state index in [1.165, 1.54) is 49.7 Å². The van der Waals surface area contributed by atoms with Gasteiger partial charge in [0.05, 0.1) is 16.9 Å². The molecule has 0 amide bonds. The minimum atomic E-state index is 0. The predicted molar refractivity (Wildman–Crippen MR) is 241 cm³/mol. The van der Waals surface area contributed by atoms with Gasteiger partial charge in [0.25, 0.3) is 0 Å². The van der Waals surface area contributed by atoms with Crippen LogP contribution in [0, 0.1) is 12.1 Å². The number of imidazole rings is 1. The quantitative estimate of drug-likeness (QED) is 0.123. The number of nitrogens with zero attached hydrogens (tertiary/aromatic N) is 3. The van der Waals surface area contributed by atoms with Crippen molar-refractivity contribution in [1.82, 2.24) is 14.5 Å². The number of aromatic nitrogens is 3. The van der Waals surface area contributed by atoms with Gasteiger partial charge in [0.1, 0.15) is 0 Å². The maximum absolute atomic E-state index is 5.33. The molecule has 0 aliphatic carbocycles. The number of hydrogen-bond donors (Lipinski definition) is 0. The van der Waals surface area contributed by atoms with Crippen LogP contribution in [0.25, 0.3) is 72.0 Å². The molecule has 9 aromatic rings. The van der Waals surface area contributed by atoms with Gasteiger partial charge in [-0.05, 0) is 75.0 Å². The van der Waals surface area contributed by atoms with Gasteiger partial charge in [0.2, 0.25) is 0 Å². The van der Waals surface area contributed by atoms with Gasteiger partial charge in [-0.3, -0.25) is 4.98 Å². The maximum atomic E-state index is 5.33. The molecule has 1 radical (unpaired) electrons. The Hall–Kier alpha value is -5.67. The van der Waals surface area contributed by atoms with E-state index < -0.39 is 0 Å². The summed E-state index contributed by atoms with van der Waals surface area (Å²) in [5, 5.41) is 4.71. The smallest absolute Gasteiger partial charge is 0.0798 e. The van der Waals surface area contributed by atoms with Gasteiger partial charge in [-0.2, -0.15) is 0 Å². The van der Waals surface area contributed by atoms with Crippen LogP contribution in [0.4, 0.5) is 0 Å². The molecule has 4 heteroatoms. The van der Waals surface area contributed by atoms with Gasteiger partial charge in [0.15, 0.2) is 0 Å². The predicted octanol–water partition coefficient (Wildman–Crippen LogP) is 14.6. The molecule has 0 bridgehead atoms. The van der Waals surface area contributed by atoms with E-state index in [9.17, 15) is 0 Å². The fourth-order valence-corrected chi connectivity index (χ4v) is 7.73. The van der Waals surface area contributed by atoms with Crippen LogP contribution in [0.3, 0.4) is 0 Å². The molecule has 0 spiro atoms. The van der Waals surface area contributed by atoms with Gasteiger partial charge in [-0.25, -0.2) is 0 Å². The molecule has 7 aromatic carbocycles. The second-order valence-electron chi connectivity index (χ2n) is 16.5. The third-order valence-corrected chi connectivity index (χ3v) is 10.8. The molecular formula is C54H49IrN3-2. The number of benzene rings is 7. The second-order valence-corrected chi connectivity index (χ2v) is 16.5. The van der Waals surface area contributed by atoms with E-state index in [1.54, 1.807) is 0 Å². The van der Waals surface area contributed by atoms with Crippen LogP contribution >= 0.6 is 0 Å². The minimum Gasteiger partial charge on any atom is -0.324 e. The zero-order valence-electron chi connectivity index (χ0n) is 34.3. The SMILES string of the molecule is CC(C)(C)c1ccc(-c2[c-]cccc2)nc1.CC(C)c1cc(-c2ccccc2)cc(C(C)C)c1-n1c(-c2[c-]c3ccccc3c3ccccc23)nc2ccccc21.[Ir]. The first-order chi connectivity index (χ1) is 27.6. The van der Waals surface area contributed by atoms with Crippen LogP contribution in [0.5, 0.6) is 0 Å². The van der Waals surface area contributed by atoms with Gasteiger partial charge in [-0.15, -0.1) is 53.4 Å². The normalized spacial score (nSPS) is 11.5. The van der Waals surface area contributed by atoms with E-state index in [-0.39, 0.29) is 25.5 Å². The first-order valence-electron chi connectivity index (χ1n) is 20.1. The van der Waals surface area contributed by atoms with Crippen LogP contribution in [-0.2, 0) is 25.5 Å². The summed E-state index contributed by atoms with van der Waals surface area (Å²) in [6, 6.07) is 60.4. The summed E-state index contributed by atoms with van der Waals surface area (Å²) in [5.41, 5.74) is 13.0. The van der Waals surface area contributed by atoms with E-state index in [1.807, 2.05) is 30.5 Å². The topological polar surface area (TPSA) is 30.7 Å². The standard InChI is InChI=1S/C39H33N2.C15H16N.Ir/c1-25(2)33-23-29(27-14-6-5-7-15-27)24-34(26(3)4)38(33)41-37-21-13-12-20-36(37)40-39(41)35-22-28-16-8-9-17-30(28)31-18-10-11-19-32(31)35;1-15(2,3)13-9-10-14(16-11-13)12-7-5-4-6-8-12;/h5-21,23-26H,1-4H3;4-7,9-11H,1-3H3;/q2*-1;. The van der Waals surface area contributed by atoms with E-state index in [4.69, 9.17) is 4.98 Å². The molecule has 0 aliphatic heterocycles. The largest absolute Gasteiger partial charge is 0.324 e. The average molecular weight is 932 g/mol. The van der Waals surface area contributed by atoms with Crippen LogP contribution < -0.4 is 0 Å². The monoisotopic (exact) mass is 932 g/mol. The first-order valence-corrected chi connectivity index (χ1v) is 20.1. The number of hydrogen-bond acceptors (Lipinski definition) is 2. The van der Waals surface area contributed by atoms with Gasteiger partial charge >= 0.3 is 0 Å². The third kappa shape index (κ3) is 8.05. The molecule has 0 saturated heterocycles. The molecule has 291 valence electrons. The Bertz CT molecular complexity index is 2780. The Labute approximate surface area is 357 Å². The summed E-state index contributed by atoms with van der Waals surface area (Å²) in [5.74, 6) is 1.57. The Morgan fingerprint density at radius 1 is 0.603 bits per heavy atom. The molecule has 9 rings (SSSR count). The molecule has 2 aromatic heterocycles. The van der Waals surface area contributed by atoms with Crippen molar-refractivity contribution in [3.63, 3.8) is 0 Å². The minimum absolute atomic E-state index is 0. The number of pyridine rings is 1. The van der Waals surface area contributed by atoms with Crippen molar-refractivity contribution in [3.05, 3.63) is 187 Å². The van der Waals surface area contributed by atoms with E-state index in [0.29, 0.717) is 11.8 Å². The zero-order valence-corrected chi connectivity index (χ0v) is 36.7. The Kier molecular flexibility index (Phi) is 11.9. The Morgan fingerprint density at radius 3 is 1.86 bits per heavy atom. The van der Waals surface area contributed by atoms with Crippen molar-refractivity contribution in [3.8, 4) is 39.5 Å². The fourth-order valence-electron chi connectivity index (χ4n) is 7.73. The third-order valence-electron chi connectivity index (χ3n) is 10.8. The summed E-state index contributed by atoms with van der Waals surface area (Å²) in [6.45, 7) is 15.8. The molecule has 0 saturated carbocycles. The van der Waals surface area contributed by atoms with E-state index in [2.05, 4.69) is 198 Å². The van der Waals surface area contributed by atoms with Crippen molar-refractivity contribution in [2.75, 3.05) is 0 Å². The number of fused-ring (bicyclic) bond motifs is 4. The molecule has 0 N–H and O–H groups in total. The molecular weight excluding hydrogens is 883 g/mol. The molecule has 0 fully saturated rings. The summed E-state index contributed by atoms with van der Waals surface area (Å²) < 4.78 is 2.42. The Morgan fingerprint density at radius 2 is 1.22 bits per heavy atom. The summed E-state index contributed by atoms with van der Waals surface area (Å²) in [7, 11) is 0. The first kappa shape index (κ1) is 40.5. The van der Waals surface area contributed by atoms with Crippen LogP contribution in [0.2, 0.25) is 0 Å². The summed E-state index contributed by atoms with van der Waals surface area (Å²) in [4.78, 5) is 9.81. The van der Waals surface area contributed by atoms with Crippen LogP contribution in [0.1, 0.15) is 77.0 Å². The second kappa shape index (κ2) is 17.0. The molecule has 0 aliphatic rings. The molecule has 3 nitrogen and oxygen atoms in total. The molecule has 58 heavy (non-hydrogen) atoms. The van der Waals surface area contributed by atoms with Gasteiger partial charge in [-0.1, -0.05) is 167 Å². The van der Waals surface area contributed by atoms with E-state index >= 15 is 0 Å². The molecule has 0 unspecified atom stereocenters. The average Bonchev–Trinajstić information content (AvgIpc) is 3.62. The molecule has 2 heterocycles. The summed E-state index contributed by atoms with van der Waals surface area (Å²) >= 11 is 0. The van der Waals surface area contributed by atoms with Crippen molar-refractivity contribution >= 4 is 32.6 Å². The van der Waals surface area contributed by atoms with Crippen LogP contribution in [-0.4, -0.2) is 14.5 Å². The fraction of sp³-hybridized carbons (Fsp3) is 0.185. The Balaban J connectivity index is 0.000000254. The van der Waals surface area contributed by atoms with Crippen molar-refractivity contribution in [2.45, 2.75) is 65.7 Å². The van der Waals surface area contributed by atoms with Gasteiger partial charge < -0.3 is 9.55 Å². The van der Waals surface area contributed by atoms with E-state index in [0.717, 1.165) is 39.1 Å². The maximum Gasteiger partial charge on any atom is 0.0798 e. The number of rotatable bonds is 6. The zero-order chi connectivity index (χ0) is 39.7. The number of para-hydroxylation sites is 2.